The maximum absolute atomic E-state index is 15.8. The van der Waals surface area contributed by atoms with Gasteiger partial charge >= 0.3 is 5.97 Å². The van der Waals surface area contributed by atoms with E-state index < -0.39 is 37.2 Å². The number of ether oxygens (including phenoxy) is 3. The highest BCUT2D eigenvalue weighted by Crippen LogP contribution is 2.38. The third-order valence-electron chi connectivity index (χ3n) is 9.06. The Kier molecular flexibility index (Phi) is 10.5. The van der Waals surface area contributed by atoms with Crippen molar-refractivity contribution in [2.45, 2.75) is 84.4 Å². The van der Waals surface area contributed by atoms with Crippen molar-refractivity contribution in [1.82, 2.24) is 19.3 Å². The number of benzene rings is 3. The van der Waals surface area contributed by atoms with Crippen molar-refractivity contribution in [1.29, 1.82) is 0 Å². The van der Waals surface area contributed by atoms with E-state index in [-0.39, 0.29) is 43.3 Å². The summed E-state index contributed by atoms with van der Waals surface area (Å²) in [5.41, 5.74) is 2.97. The summed E-state index contributed by atoms with van der Waals surface area (Å²) in [6.07, 6.45) is 3.55. The molecule has 50 heavy (non-hydrogen) atoms. The number of carbonyl (C=O) groups excluding carboxylic acids is 1. The number of nitrogens with zero attached hydrogens (tertiary/aromatic N) is 4. The lowest BCUT2D eigenvalue weighted by Crippen LogP contribution is -2.21. The first-order chi connectivity index (χ1) is 23.9. The molecule has 0 fully saturated rings. The monoisotopic (exact) mass is 704 g/mol. The Hall–Kier alpha value is -4.42. The fourth-order valence-electron chi connectivity index (χ4n) is 6.21. The Morgan fingerprint density at radius 3 is 2.66 bits per heavy atom. The van der Waals surface area contributed by atoms with Crippen LogP contribution in [0.5, 0.6) is 11.5 Å². The van der Waals surface area contributed by atoms with Crippen LogP contribution in [0.1, 0.15) is 55.1 Å². The Bertz CT molecular complexity index is 2020. The average molecular weight is 705 g/mol. The molecule has 2 aromatic heterocycles. The standard InChI is InChI=1S/C38H43F3N4O4Si/c1-6-48-33(46)15-13-26-9-7-11-28(34(26)40)24(2)37-42-38-30-21-27(14-12-25(30)10-8-17-45(38)43-37)49-36-31(39)22-32-29(35(36)41)16-18-44(32)23-47-19-20-50(3,4)5/h7,9,11-12,14,16,18,21-22,24H,6,8,10,13,15,17,19-20,23H2,1-5H3. The van der Waals surface area contributed by atoms with Gasteiger partial charge in [0.15, 0.2) is 29.0 Å². The van der Waals surface area contributed by atoms with Crippen molar-refractivity contribution in [2.75, 3.05) is 13.2 Å². The molecule has 8 nitrogen and oxygen atoms in total. The molecule has 1 unspecified atom stereocenters. The fourth-order valence-corrected chi connectivity index (χ4v) is 6.96. The van der Waals surface area contributed by atoms with Crippen molar-refractivity contribution in [3.63, 3.8) is 0 Å². The molecule has 6 rings (SSSR count). The van der Waals surface area contributed by atoms with E-state index in [0.29, 0.717) is 41.4 Å². The zero-order valence-corrected chi connectivity index (χ0v) is 30.2. The molecule has 12 heteroatoms. The van der Waals surface area contributed by atoms with Crippen LogP contribution in [-0.4, -0.2) is 46.6 Å². The van der Waals surface area contributed by atoms with Gasteiger partial charge in [0.2, 0.25) is 0 Å². The molecular formula is C38H43F3N4O4Si. The Labute approximate surface area is 291 Å². The maximum atomic E-state index is 15.8. The number of hydrogen-bond acceptors (Lipinski definition) is 6. The van der Waals surface area contributed by atoms with Crippen LogP contribution in [-0.2, 0) is 40.4 Å². The van der Waals surface area contributed by atoms with Crippen LogP contribution >= 0.6 is 0 Å². The van der Waals surface area contributed by atoms with Crippen molar-refractivity contribution >= 4 is 24.9 Å². The summed E-state index contributed by atoms with van der Waals surface area (Å²) < 4.78 is 67.1. The summed E-state index contributed by atoms with van der Waals surface area (Å²) in [7, 11) is -1.26. The van der Waals surface area contributed by atoms with Gasteiger partial charge < -0.3 is 18.8 Å². The molecule has 1 aliphatic heterocycles. The zero-order chi connectivity index (χ0) is 35.6. The van der Waals surface area contributed by atoms with Crippen LogP contribution in [0, 0.1) is 17.5 Å². The number of rotatable bonds is 13. The predicted octanol–water partition coefficient (Wildman–Crippen LogP) is 9.02. The molecule has 1 aliphatic rings. The van der Waals surface area contributed by atoms with E-state index in [1.807, 2.05) is 13.0 Å². The van der Waals surface area contributed by atoms with Crippen molar-refractivity contribution in [2.24, 2.45) is 0 Å². The lowest BCUT2D eigenvalue weighted by molar-refractivity contribution is -0.143. The van der Waals surface area contributed by atoms with E-state index in [2.05, 4.69) is 19.6 Å². The largest absolute Gasteiger partial charge is 0.466 e. The van der Waals surface area contributed by atoms with Gasteiger partial charge in [0, 0.05) is 56.8 Å². The molecule has 0 bridgehead atoms. The minimum absolute atomic E-state index is 0.0864. The number of halogens is 3. The molecule has 3 heterocycles. The summed E-state index contributed by atoms with van der Waals surface area (Å²) in [4.78, 5) is 16.7. The number of aromatic nitrogens is 4. The van der Waals surface area contributed by atoms with Crippen molar-refractivity contribution in [3.8, 4) is 22.9 Å². The van der Waals surface area contributed by atoms with E-state index in [9.17, 15) is 4.79 Å². The smallest absolute Gasteiger partial charge is 0.306 e. The van der Waals surface area contributed by atoms with Crippen LogP contribution in [0.2, 0.25) is 25.7 Å². The Balaban J connectivity index is 1.24. The van der Waals surface area contributed by atoms with Gasteiger partial charge in [-0.1, -0.05) is 50.8 Å². The highest BCUT2D eigenvalue weighted by atomic mass is 28.3. The van der Waals surface area contributed by atoms with Crippen molar-refractivity contribution < 1.29 is 32.2 Å². The van der Waals surface area contributed by atoms with Gasteiger partial charge in [-0.2, -0.15) is 5.10 Å². The average Bonchev–Trinajstić information content (AvgIpc) is 3.64. The first kappa shape index (κ1) is 35.4. The minimum Gasteiger partial charge on any atom is -0.466 e. The quantitative estimate of drug-likeness (QED) is 0.0692. The van der Waals surface area contributed by atoms with Crippen LogP contribution in [0.3, 0.4) is 0 Å². The number of hydrogen-bond donors (Lipinski definition) is 0. The highest BCUT2D eigenvalue weighted by Gasteiger charge is 2.26. The second-order valence-electron chi connectivity index (χ2n) is 14.0. The second kappa shape index (κ2) is 14.8. The van der Waals surface area contributed by atoms with Gasteiger partial charge in [0.25, 0.3) is 0 Å². The summed E-state index contributed by atoms with van der Waals surface area (Å²) >= 11 is 0. The Morgan fingerprint density at radius 2 is 1.88 bits per heavy atom. The number of aryl methyl sites for hydroxylation is 3. The van der Waals surface area contributed by atoms with Gasteiger partial charge in [-0.15, -0.1) is 0 Å². The van der Waals surface area contributed by atoms with E-state index >= 15 is 13.2 Å². The molecule has 264 valence electrons. The van der Waals surface area contributed by atoms with Gasteiger partial charge in [-0.3, -0.25) is 4.79 Å². The molecule has 1 atom stereocenters. The first-order valence-electron chi connectivity index (χ1n) is 17.2. The van der Waals surface area contributed by atoms with Gasteiger partial charge in [0.05, 0.1) is 12.1 Å². The lowest BCUT2D eigenvalue weighted by Gasteiger charge is -2.16. The van der Waals surface area contributed by atoms with Crippen LogP contribution in [0.15, 0.2) is 54.7 Å². The van der Waals surface area contributed by atoms with Crippen LogP contribution < -0.4 is 4.74 Å². The number of carbonyl (C=O) groups is 1. The summed E-state index contributed by atoms with van der Waals surface area (Å²) in [5, 5.41) is 5.00. The summed E-state index contributed by atoms with van der Waals surface area (Å²) in [6, 6.07) is 14.3. The fraction of sp³-hybridized carbons (Fsp3) is 0.395. The van der Waals surface area contributed by atoms with Crippen molar-refractivity contribution in [3.05, 3.63) is 94.7 Å². The zero-order valence-electron chi connectivity index (χ0n) is 29.2. The third kappa shape index (κ3) is 7.66. The molecule has 3 aromatic carbocycles. The van der Waals surface area contributed by atoms with Gasteiger partial charge in [-0.05, 0) is 67.1 Å². The summed E-state index contributed by atoms with van der Waals surface area (Å²) in [5.74, 6) is -2.07. The predicted molar refractivity (Wildman–Crippen MR) is 189 cm³/mol. The van der Waals surface area contributed by atoms with E-state index in [0.717, 1.165) is 30.0 Å². The number of esters is 1. The van der Waals surface area contributed by atoms with E-state index in [1.54, 1.807) is 58.8 Å². The van der Waals surface area contributed by atoms with Gasteiger partial charge in [-0.25, -0.2) is 22.8 Å². The SMILES string of the molecule is CCOC(=O)CCc1cccc(C(C)c2nc3n(n2)CCCc2ccc(Oc4c(F)cc5c(ccn5COCC[Si](C)(C)C)c4F)cc2-3)c1F. The maximum Gasteiger partial charge on any atom is 0.306 e. The molecule has 0 amide bonds. The molecule has 0 saturated carbocycles. The minimum atomic E-state index is -1.26. The van der Waals surface area contributed by atoms with E-state index in [4.69, 9.17) is 24.3 Å². The topological polar surface area (TPSA) is 80.4 Å². The van der Waals surface area contributed by atoms with E-state index in [1.165, 1.54) is 6.07 Å². The molecular weight excluding hydrogens is 662 g/mol. The number of fused-ring (bicyclic) bond motifs is 4. The molecule has 0 aliphatic carbocycles. The first-order valence-corrected chi connectivity index (χ1v) is 20.9. The summed E-state index contributed by atoms with van der Waals surface area (Å²) in [6.45, 7) is 12.1. The van der Waals surface area contributed by atoms with Crippen LogP contribution in [0.25, 0.3) is 22.3 Å². The van der Waals surface area contributed by atoms with Crippen LogP contribution in [0.4, 0.5) is 13.2 Å². The molecule has 0 spiro atoms. The third-order valence-corrected chi connectivity index (χ3v) is 10.8. The molecule has 0 saturated heterocycles. The lowest BCUT2D eigenvalue weighted by atomic mass is 9.96. The molecule has 0 radical (unpaired) electrons. The van der Waals surface area contributed by atoms with Gasteiger partial charge in [0.1, 0.15) is 18.3 Å². The second-order valence-corrected chi connectivity index (χ2v) is 19.6. The highest BCUT2D eigenvalue weighted by molar-refractivity contribution is 6.76. The molecule has 5 aromatic rings. The molecule has 0 N–H and O–H groups in total. The Morgan fingerprint density at radius 1 is 1.06 bits per heavy atom. The normalized spacial score (nSPS) is 13.5.